The van der Waals surface area contributed by atoms with Gasteiger partial charge in [0.05, 0.1) is 31.1 Å². The van der Waals surface area contributed by atoms with Gasteiger partial charge in [0.1, 0.15) is 11.3 Å². The van der Waals surface area contributed by atoms with Crippen molar-refractivity contribution in [1.82, 2.24) is 5.32 Å². The monoisotopic (exact) mass is 408 g/mol. The minimum atomic E-state index is -1.39. The molecule has 0 aliphatic carbocycles. The SMILES string of the molecule is COc1ccc2c(C)c(CC(=O)N[C@@H](Cc3ccccc3)C(=O)[O-])c(=O)oc2c1C. The van der Waals surface area contributed by atoms with Crippen LogP contribution in [0.1, 0.15) is 22.3 Å². The van der Waals surface area contributed by atoms with E-state index in [-0.39, 0.29) is 18.4 Å². The summed E-state index contributed by atoms with van der Waals surface area (Å²) in [4.78, 5) is 36.5. The normalized spacial score (nSPS) is 11.8. The molecule has 0 radical (unpaired) electrons. The third-order valence-electron chi connectivity index (χ3n) is 5.11. The number of carbonyl (C=O) groups is 2. The number of ether oxygens (including phenoxy) is 1. The van der Waals surface area contributed by atoms with E-state index in [1.807, 2.05) is 6.07 Å². The molecule has 0 aliphatic rings. The van der Waals surface area contributed by atoms with E-state index in [1.54, 1.807) is 50.2 Å². The quantitative estimate of drug-likeness (QED) is 0.593. The zero-order valence-corrected chi connectivity index (χ0v) is 17.0. The Bertz CT molecular complexity index is 1150. The number of hydrogen-bond acceptors (Lipinski definition) is 6. The third-order valence-corrected chi connectivity index (χ3v) is 5.11. The van der Waals surface area contributed by atoms with E-state index in [1.165, 1.54) is 7.11 Å². The van der Waals surface area contributed by atoms with Gasteiger partial charge in [-0.2, -0.15) is 0 Å². The summed E-state index contributed by atoms with van der Waals surface area (Å²) in [5.41, 5.74) is 1.98. The molecule has 0 unspecified atom stereocenters. The number of nitrogens with one attached hydrogen (secondary N) is 1. The Kier molecular flexibility index (Phi) is 6.20. The van der Waals surface area contributed by atoms with Crippen LogP contribution >= 0.6 is 0 Å². The van der Waals surface area contributed by atoms with Crippen molar-refractivity contribution in [2.45, 2.75) is 32.7 Å². The number of carboxylic acids is 1. The molecule has 1 N–H and O–H groups in total. The first kappa shape index (κ1) is 21.1. The number of methoxy groups -OCH3 is 1. The van der Waals surface area contributed by atoms with Crippen molar-refractivity contribution in [3.8, 4) is 5.75 Å². The summed E-state index contributed by atoms with van der Waals surface area (Å²) in [5.74, 6) is -1.40. The van der Waals surface area contributed by atoms with Crippen LogP contribution < -0.4 is 20.8 Å². The molecule has 30 heavy (non-hydrogen) atoms. The lowest BCUT2D eigenvalue weighted by molar-refractivity contribution is -0.308. The van der Waals surface area contributed by atoms with E-state index in [2.05, 4.69) is 5.32 Å². The minimum absolute atomic E-state index is 0.0826. The van der Waals surface area contributed by atoms with Crippen molar-refractivity contribution in [1.29, 1.82) is 0 Å². The van der Waals surface area contributed by atoms with Gasteiger partial charge < -0.3 is 24.4 Å². The molecule has 1 heterocycles. The molecule has 7 nitrogen and oxygen atoms in total. The van der Waals surface area contributed by atoms with Crippen LogP contribution in [0.2, 0.25) is 0 Å². The van der Waals surface area contributed by atoms with E-state index in [9.17, 15) is 19.5 Å². The van der Waals surface area contributed by atoms with Crippen molar-refractivity contribution in [2.75, 3.05) is 7.11 Å². The molecule has 0 saturated heterocycles. The van der Waals surface area contributed by atoms with Crippen molar-refractivity contribution in [2.24, 2.45) is 0 Å². The second-order valence-electron chi connectivity index (χ2n) is 7.07. The van der Waals surface area contributed by atoms with Crippen molar-refractivity contribution >= 4 is 22.8 Å². The highest BCUT2D eigenvalue weighted by Crippen LogP contribution is 2.29. The first-order valence-electron chi connectivity index (χ1n) is 9.45. The van der Waals surface area contributed by atoms with E-state index in [0.717, 1.165) is 5.56 Å². The van der Waals surface area contributed by atoms with Gasteiger partial charge in [-0.25, -0.2) is 4.79 Å². The van der Waals surface area contributed by atoms with Crippen LogP contribution in [0.15, 0.2) is 51.7 Å². The maximum atomic E-state index is 12.5. The van der Waals surface area contributed by atoms with Gasteiger partial charge in [0.2, 0.25) is 5.91 Å². The molecular formula is C23H22NO6-. The van der Waals surface area contributed by atoms with E-state index in [0.29, 0.717) is 27.8 Å². The van der Waals surface area contributed by atoms with Crippen LogP contribution in [0, 0.1) is 13.8 Å². The van der Waals surface area contributed by atoms with Gasteiger partial charge in [0.25, 0.3) is 0 Å². The van der Waals surface area contributed by atoms with Gasteiger partial charge >= 0.3 is 5.63 Å². The average Bonchev–Trinajstić information content (AvgIpc) is 2.72. The molecule has 0 saturated carbocycles. The Balaban J connectivity index is 1.85. The molecule has 3 aromatic rings. The lowest BCUT2D eigenvalue weighted by atomic mass is 10.0. The van der Waals surface area contributed by atoms with Gasteiger partial charge in [-0.15, -0.1) is 0 Å². The zero-order chi connectivity index (χ0) is 21.8. The average molecular weight is 408 g/mol. The second-order valence-corrected chi connectivity index (χ2v) is 7.07. The number of amides is 1. The summed E-state index contributed by atoms with van der Waals surface area (Å²) >= 11 is 0. The first-order valence-corrected chi connectivity index (χ1v) is 9.45. The number of carbonyl (C=O) groups excluding carboxylic acids is 2. The Morgan fingerprint density at radius 1 is 1.10 bits per heavy atom. The van der Waals surface area contributed by atoms with E-state index >= 15 is 0 Å². The third kappa shape index (κ3) is 4.35. The van der Waals surface area contributed by atoms with Gasteiger partial charge in [0, 0.05) is 10.9 Å². The summed E-state index contributed by atoms with van der Waals surface area (Å²) < 4.78 is 10.7. The van der Waals surface area contributed by atoms with Gasteiger partial charge in [-0.1, -0.05) is 30.3 Å². The summed E-state index contributed by atoms with van der Waals surface area (Å²) in [6.07, 6.45) is -0.215. The van der Waals surface area contributed by atoms with Crippen LogP contribution in [-0.4, -0.2) is 25.0 Å². The van der Waals surface area contributed by atoms with Gasteiger partial charge in [0.15, 0.2) is 0 Å². The largest absolute Gasteiger partial charge is 0.548 e. The maximum absolute atomic E-state index is 12.5. The fourth-order valence-electron chi connectivity index (χ4n) is 3.45. The Labute approximate surface area is 173 Å². The van der Waals surface area contributed by atoms with Crippen LogP contribution in [-0.2, 0) is 22.4 Å². The number of aliphatic carboxylic acids is 1. The minimum Gasteiger partial charge on any atom is -0.548 e. The van der Waals surface area contributed by atoms with E-state index in [4.69, 9.17) is 9.15 Å². The molecule has 0 spiro atoms. The lowest BCUT2D eigenvalue weighted by Gasteiger charge is -2.20. The predicted molar refractivity (Wildman–Crippen MR) is 109 cm³/mol. The standard InChI is InChI=1S/C23H23NO6/c1-13-16-9-10-19(29-3)14(2)21(16)30-23(28)17(13)12-20(25)24-18(22(26)27)11-15-7-5-4-6-8-15/h4-10,18H,11-12H2,1-3H3,(H,24,25)(H,26,27)/p-1/t18-/m0/s1. The van der Waals surface area contributed by atoms with Gasteiger partial charge in [-0.05, 0) is 43.5 Å². The smallest absolute Gasteiger partial charge is 0.340 e. The lowest BCUT2D eigenvalue weighted by Crippen LogP contribution is -2.49. The molecule has 0 fully saturated rings. The molecule has 3 rings (SSSR count). The first-order chi connectivity index (χ1) is 14.3. The van der Waals surface area contributed by atoms with Crippen molar-refractivity contribution in [3.63, 3.8) is 0 Å². The second kappa shape index (κ2) is 8.82. The maximum Gasteiger partial charge on any atom is 0.340 e. The molecule has 1 aromatic heterocycles. The zero-order valence-electron chi connectivity index (χ0n) is 17.0. The van der Waals surface area contributed by atoms with Crippen LogP contribution in [0.5, 0.6) is 5.75 Å². The van der Waals surface area contributed by atoms with Crippen LogP contribution in [0.25, 0.3) is 11.0 Å². The van der Waals surface area contributed by atoms with Crippen LogP contribution in [0.4, 0.5) is 0 Å². The molecule has 2 aromatic carbocycles. The fraction of sp³-hybridized carbons (Fsp3) is 0.261. The summed E-state index contributed by atoms with van der Waals surface area (Å²) in [7, 11) is 1.53. The summed E-state index contributed by atoms with van der Waals surface area (Å²) in [6, 6.07) is 11.2. The predicted octanol–water partition coefficient (Wildman–Crippen LogP) is 1.44. The molecular weight excluding hydrogens is 386 g/mol. The molecule has 156 valence electrons. The highest BCUT2D eigenvalue weighted by Gasteiger charge is 2.20. The number of fused-ring (bicyclic) bond motifs is 1. The summed E-state index contributed by atoms with van der Waals surface area (Å²) in [6.45, 7) is 3.51. The molecule has 0 aliphatic heterocycles. The highest BCUT2D eigenvalue weighted by atomic mass is 16.5. The van der Waals surface area contributed by atoms with Gasteiger partial charge in [-0.3, -0.25) is 4.79 Å². The highest BCUT2D eigenvalue weighted by molar-refractivity contribution is 5.88. The van der Waals surface area contributed by atoms with Crippen molar-refractivity contribution < 1.29 is 23.8 Å². The van der Waals surface area contributed by atoms with Crippen molar-refractivity contribution in [3.05, 3.63) is 75.1 Å². The van der Waals surface area contributed by atoms with Crippen LogP contribution in [0.3, 0.4) is 0 Å². The number of hydrogen-bond donors (Lipinski definition) is 1. The topological polar surface area (TPSA) is 109 Å². The van der Waals surface area contributed by atoms with E-state index < -0.39 is 23.5 Å². The summed E-state index contributed by atoms with van der Waals surface area (Å²) in [5, 5.41) is 14.6. The number of aryl methyl sites for hydroxylation is 2. The Hall–Kier alpha value is -3.61. The molecule has 1 amide bonds. The fourth-order valence-corrected chi connectivity index (χ4v) is 3.45. The number of rotatable bonds is 7. The Morgan fingerprint density at radius 3 is 2.43 bits per heavy atom. The molecule has 7 heteroatoms. The molecule has 0 bridgehead atoms. The molecule has 1 atom stereocenters. The Morgan fingerprint density at radius 2 is 1.80 bits per heavy atom. The number of benzene rings is 2. The number of carboxylic acid groups (broad SMARTS) is 1.